The Hall–Kier alpha value is -2.80. The van der Waals surface area contributed by atoms with E-state index in [9.17, 15) is 9.59 Å². The van der Waals surface area contributed by atoms with Crippen molar-refractivity contribution >= 4 is 11.8 Å². The molecule has 0 aliphatic carbocycles. The van der Waals surface area contributed by atoms with Crippen molar-refractivity contribution in [2.24, 2.45) is 11.7 Å². The normalized spacial score (nSPS) is 23.4. The first-order valence-corrected chi connectivity index (χ1v) is 12.5. The molecule has 0 saturated carbocycles. The molecular weight excluding hydrogens is 516 g/mol. The third-order valence-electron chi connectivity index (χ3n) is 7.77. The summed E-state index contributed by atoms with van der Waals surface area (Å²) in [6.07, 6.45) is 1.73. The maximum Gasteiger partial charge on any atom is 0.328 e. The maximum atomic E-state index is 13.3. The Morgan fingerprint density at radius 3 is 2.28 bits per heavy atom. The molecule has 3 saturated heterocycles. The highest BCUT2D eigenvalue weighted by molar-refractivity contribution is 5.97. The molecule has 0 radical (unpaired) electrons. The summed E-state index contributed by atoms with van der Waals surface area (Å²) in [5.41, 5.74) is 11.1. The monoisotopic (exact) mass is 548 g/mol. The van der Waals surface area contributed by atoms with E-state index >= 15 is 0 Å². The van der Waals surface area contributed by atoms with Crippen LogP contribution in [-0.2, 0) is 9.53 Å². The predicted molar refractivity (Wildman–Crippen MR) is 137 cm³/mol. The Balaban J connectivity index is 0.00000304. The van der Waals surface area contributed by atoms with Gasteiger partial charge in [-0.3, -0.25) is 4.79 Å². The summed E-state index contributed by atoms with van der Waals surface area (Å²) < 4.78 is 6.78. The Labute approximate surface area is 223 Å². The summed E-state index contributed by atoms with van der Waals surface area (Å²) in [6.45, 7) is 5.08. The number of rotatable bonds is 7. The van der Waals surface area contributed by atoms with Crippen LogP contribution in [0.4, 0.5) is 0 Å². The van der Waals surface area contributed by atoms with Gasteiger partial charge in [0, 0.05) is 24.3 Å². The van der Waals surface area contributed by atoms with Crippen LogP contribution >= 0.6 is 0 Å². The van der Waals surface area contributed by atoms with E-state index in [-0.39, 0.29) is 28.9 Å². The minimum Gasteiger partial charge on any atom is -1.00 e. The molecule has 0 aromatic heterocycles. The summed E-state index contributed by atoms with van der Waals surface area (Å²) in [4.78, 5) is 26.3. The molecule has 36 heavy (non-hydrogen) atoms. The van der Waals surface area contributed by atoms with Crippen molar-refractivity contribution in [3.8, 4) is 11.1 Å². The van der Waals surface area contributed by atoms with E-state index in [1.54, 1.807) is 0 Å². The van der Waals surface area contributed by atoms with Crippen molar-refractivity contribution in [1.29, 1.82) is 0 Å². The van der Waals surface area contributed by atoms with Crippen LogP contribution in [0.2, 0.25) is 0 Å². The molecule has 0 spiro atoms. The SMILES string of the molecule is Cc1ccc(C(N)C(=O)O[C@H]2C[N+]3(CC(=O)c4ccccc4)CCC2CC3)c(-c2ccccc2)c1.[Br-]. The van der Waals surface area contributed by atoms with E-state index in [0.717, 1.165) is 53.7 Å². The van der Waals surface area contributed by atoms with E-state index in [0.29, 0.717) is 23.5 Å². The number of ketones is 1. The molecule has 2 N–H and O–H groups in total. The number of esters is 1. The topological polar surface area (TPSA) is 69.4 Å². The number of nitrogens with zero attached hydrogens (tertiary/aromatic N) is 1. The van der Waals surface area contributed by atoms with Crippen molar-refractivity contribution in [3.63, 3.8) is 0 Å². The van der Waals surface area contributed by atoms with E-state index in [4.69, 9.17) is 10.5 Å². The minimum atomic E-state index is -0.861. The number of nitrogens with two attached hydrogens (primary N) is 1. The molecule has 0 amide bonds. The summed E-state index contributed by atoms with van der Waals surface area (Å²) in [6, 6.07) is 24.6. The van der Waals surface area contributed by atoms with Crippen molar-refractivity contribution < 1.29 is 35.8 Å². The van der Waals surface area contributed by atoms with Crippen LogP contribution in [0, 0.1) is 12.8 Å². The fraction of sp³-hybridized carbons (Fsp3) is 0.333. The molecule has 6 heteroatoms. The van der Waals surface area contributed by atoms with Crippen LogP contribution in [0.5, 0.6) is 0 Å². The standard InChI is InChI=1S/C30H33N2O3.BrH/c1-21-12-13-25(26(18-21)22-8-4-2-5-9-22)29(31)30(34)35-28-20-32(16-14-24(28)15-17-32)19-27(33)23-10-6-3-7-11-23;/h2-13,18,24,28-29H,14-17,19-20,31H2,1H3;1H/q+1;/p-1/t24?,28-,29?,32?;/m0./s1. The number of hydrogen-bond acceptors (Lipinski definition) is 4. The highest BCUT2D eigenvalue weighted by atomic mass is 79.9. The zero-order chi connectivity index (χ0) is 24.4. The predicted octanol–water partition coefficient (Wildman–Crippen LogP) is 1.70. The van der Waals surface area contributed by atoms with Gasteiger partial charge in [-0.25, -0.2) is 4.79 Å². The van der Waals surface area contributed by atoms with E-state index < -0.39 is 12.0 Å². The largest absolute Gasteiger partial charge is 1.00 e. The number of quaternary nitrogens is 1. The first kappa shape index (κ1) is 26.3. The van der Waals surface area contributed by atoms with Gasteiger partial charge in [-0.2, -0.15) is 0 Å². The second-order valence-electron chi connectivity index (χ2n) is 10.2. The molecule has 1 unspecified atom stereocenters. The van der Waals surface area contributed by atoms with Gasteiger partial charge in [0.05, 0.1) is 13.1 Å². The lowest BCUT2D eigenvalue weighted by atomic mass is 9.82. The Kier molecular flexibility index (Phi) is 8.08. The van der Waals surface area contributed by atoms with Crippen LogP contribution in [0.3, 0.4) is 0 Å². The second kappa shape index (κ2) is 11.1. The Morgan fingerprint density at radius 1 is 0.972 bits per heavy atom. The van der Waals surface area contributed by atoms with Crippen molar-refractivity contribution in [2.75, 3.05) is 26.2 Å². The number of Topliss-reactive ketones (excluding diaryl/α,β-unsaturated/α-hetero) is 1. The second-order valence-corrected chi connectivity index (χ2v) is 10.2. The molecular formula is C30H33BrN2O3. The Bertz CT molecular complexity index is 1210. The van der Waals surface area contributed by atoms with Crippen LogP contribution < -0.4 is 22.7 Å². The fourth-order valence-corrected chi connectivity index (χ4v) is 5.76. The van der Waals surface area contributed by atoms with Crippen LogP contribution in [0.15, 0.2) is 78.9 Å². The molecule has 188 valence electrons. The van der Waals surface area contributed by atoms with Gasteiger partial charge in [0.2, 0.25) is 5.78 Å². The molecule has 3 aromatic rings. The number of benzene rings is 3. The van der Waals surface area contributed by atoms with Gasteiger partial charge >= 0.3 is 5.97 Å². The lowest BCUT2D eigenvalue weighted by molar-refractivity contribution is -0.938. The van der Waals surface area contributed by atoms with Crippen molar-refractivity contribution in [1.82, 2.24) is 0 Å². The lowest BCUT2D eigenvalue weighted by Crippen LogP contribution is -3.00. The number of fused-ring (bicyclic) bond motifs is 3. The lowest BCUT2D eigenvalue weighted by Gasteiger charge is -2.51. The number of carbonyl (C=O) groups is 2. The van der Waals surface area contributed by atoms with Crippen molar-refractivity contribution in [2.45, 2.75) is 31.9 Å². The number of halogens is 1. The molecule has 5 nitrogen and oxygen atoms in total. The summed E-state index contributed by atoms with van der Waals surface area (Å²) in [7, 11) is 0. The molecule has 3 heterocycles. The first-order chi connectivity index (χ1) is 16.9. The van der Waals surface area contributed by atoms with Crippen molar-refractivity contribution in [3.05, 3.63) is 95.6 Å². The number of carbonyl (C=O) groups excluding carboxylic acids is 2. The molecule has 2 atom stereocenters. The smallest absolute Gasteiger partial charge is 0.328 e. The van der Waals surface area contributed by atoms with Gasteiger partial charge in [0.25, 0.3) is 0 Å². The van der Waals surface area contributed by atoms with E-state index in [2.05, 4.69) is 6.07 Å². The number of hydrogen-bond donors (Lipinski definition) is 1. The van der Waals surface area contributed by atoms with E-state index in [1.165, 1.54) is 0 Å². The molecule has 3 aromatic carbocycles. The maximum absolute atomic E-state index is 13.3. The Morgan fingerprint density at radius 2 is 1.61 bits per heavy atom. The molecule has 2 bridgehead atoms. The molecule has 6 rings (SSSR count). The summed E-state index contributed by atoms with van der Waals surface area (Å²) >= 11 is 0. The van der Waals surface area contributed by atoms with Gasteiger partial charge in [-0.1, -0.05) is 84.4 Å². The number of ether oxygens (including phenoxy) is 1. The zero-order valence-electron chi connectivity index (χ0n) is 20.6. The van der Waals surface area contributed by atoms with Gasteiger partial charge in [0.1, 0.15) is 19.1 Å². The van der Waals surface area contributed by atoms with Crippen LogP contribution in [0.1, 0.15) is 40.4 Å². The number of aryl methyl sites for hydroxylation is 1. The number of piperidine rings is 3. The average molecular weight is 550 g/mol. The van der Waals surface area contributed by atoms with Crippen LogP contribution in [0.25, 0.3) is 11.1 Å². The molecule has 3 aliphatic heterocycles. The van der Waals surface area contributed by atoms with Crippen LogP contribution in [-0.4, -0.2) is 48.5 Å². The highest BCUT2D eigenvalue weighted by Gasteiger charge is 2.48. The third kappa shape index (κ3) is 5.46. The van der Waals surface area contributed by atoms with Gasteiger partial charge in [-0.15, -0.1) is 0 Å². The molecule has 3 aliphatic rings. The quantitative estimate of drug-likeness (QED) is 0.277. The fourth-order valence-electron chi connectivity index (χ4n) is 5.76. The summed E-state index contributed by atoms with van der Waals surface area (Å²) in [5.74, 6) is 0.0989. The zero-order valence-corrected chi connectivity index (χ0v) is 22.2. The highest BCUT2D eigenvalue weighted by Crippen LogP contribution is 2.37. The van der Waals surface area contributed by atoms with Gasteiger partial charge in [0.15, 0.2) is 6.10 Å². The van der Waals surface area contributed by atoms with Gasteiger partial charge < -0.3 is 31.9 Å². The molecule has 3 fully saturated rings. The average Bonchev–Trinajstić information content (AvgIpc) is 2.89. The third-order valence-corrected chi connectivity index (χ3v) is 7.77. The van der Waals surface area contributed by atoms with Gasteiger partial charge in [-0.05, 0) is 23.6 Å². The summed E-state index contributed by atoms with van der Waals surface area (Å²) in [5, 5.41) is 0. The first-order valence-electron chi connectivity index (χ1n) is 12.5. The van der Waals surface area contributed by atoms with E-state index in [1.807, 2.05) is 79.7 Å². The minimum absolute atomic E-state index is 0.